The number of rotatable bonds is 12. The molecule has 0 spiro atoms. The fourth-order valence-corrected chi connectivity index (χ4v) is 6.40. The van der Waals surface area contributed by atoms with Crippen molar-refractivity contribution in [1.82, 2.24) is 20.9 Å². The van der Waals surface area contributed by atoms with Crippen LogP contribution in [0.4, 0.5) is 0 Å². The first-order valence-electron chi connectivity index (χ1n) is 15.8. The van der Waals surface area contributed by atoms with Gasteiger partial charge in [0, 0.05) is 25.4 Å². The molecule has 8 nitrogen and oxygen atoms in total. The maximum absolute atomic E-state index is 13.8. The van der Waals surface area contributed by atoms with E-state index in [1.165, 1.54) is 0 Å². The fraction of sp³-hybridized carbons (Fsp3) is 0.389. The normalized spacial score (nSPS) is 17.7. The Morgan fingerprint density at radius 1 is 0.795 bits per heavy atom. The summed E-state index contributed by atoms with van der Waals surface area (Å²) in [6.07, 6.45) is 3.61. The van der Waals surface area contributed by atoms with Gasteiger partial charge in [-0.2, -0.15) is 0 Å². The molecular formula is C36H42N4O4. The van der Waals surface area contributed by atoms with Gasteiger partial charge in [-0.15, -0.1) is 0 Å². The van der Waals surface area contributed by atoms with Gasteiger partial charge in [-0.05, 0) is 67.8 Å². The molecule has 2 saturated heterocycles. The molecule has 3 N–H and O–H groups in total. The molecule has 0 unspecified atom stereocenters. The van der Waals surface area contributed by atoms with E-state index >= 15 is 0 Å². The number of nitrogens with one attached hydrogen (secondary N) is 3. The van der Waals surface area contributed by atoms with Gasteiger partial charge in [0.05, 0.1) is 6.04 Å². The zero-order valence-electron chi connectivity index (χ0n) is 25.1. The highest BCUT2D eigenvalue weighted by Gasteiger charge is 2.38. The largest absolute Gasteiger partial charge is 0.345 e. The summed E-state index contributed by atoms with van der Waals surface area (Å²) in [5.74, 6) is -1.74. The second-order valence-corrected chi connectivity index (χ2v) is 11.8. The van der Waals surface area contributed by atoms with E-state index in [4.69, 9.17) is 0 Å². The van der Waals surface area contributed by atoms with Crippen molar-refractivity contribution >= 4 is 23.5 Å². The minimum Gasteiger partial charge on any atom is -0.345 e. The highest BCUT2D eigenvalue weighted by atomic mass is 16.2. The van der Waals surface area contributed by atoms with Crippen molar-refractivity contribution in [2.45, 2.75) is 63.1 Å². The maximum atomic E-state index is 13.8. The molecule has 0 bridgehead atoms. The minimum absolute atomic E-state index is 0.0952. The number of likely N-dealkylation sites (tertiary alicyclic amines) is 1. The van der Waals surface area contributed by atoms with E-state index in [0.29, 0.717) is 25.8 Å². The molecule has 0 aliphatic carbocycles. The quantitative estimate of drug-likeness (QED) is 0.275. The number of carbonyl (C=O) groups is 4. The first kappa shape index (κ1) is 31.1. The van der Waals surface area contributed by atoms with Crippen LogP contribution in [0, 0.1) is 5.92 Å². The number of hydrogen-bond donors (Lipinski definition) is 3. The molecule has 3 aromatic rings. The molecule has 0 aromatic heterocycles. The van der Waals surface area contributed by atoms with E-state index in [1.54, 1.807) is 4.90 Å². The summed E-state index contributed by atoms with van der Waals surface area (Å²) in [5.41, 5.74) is 2.97. The summed E-state index contributed by atoms with van der Waals surface area (Å²) in [7, 11) is 0. The van der Waals surface area contributed by atoms with Crippen molar-refractivity contribution in [2.75, 3.05) is 19.6 Å². The molecule has 230 valence electrons. The van der Waals surface area contributed by atoms with Gasteiger partial charge < -0.3 is 20.9 Å². The lowest BCUT2D eigenvalue weighted by Crippen LogP contribution is -2.54. The maximum Gasteiger partial charge on any atom is 0.289 e. The molecule has 2 heterocycles. The van der Waals surface area contributed by atoms with Gasteiger partial charge in [-0.1, -0.05) is 91.0 Å². The van der Waals surface area contributed by atoms with Crippen molar-refractivity contribution < 1.29 is 19.2 Å². The van der Waals surface area contributed by atoms with Gasteiger partial charge in [0.2, 0.25) is 17.6 Å². The summed E-state index contributed by atoms with van der Waals surface area (Å²) < 4.78 is 0. The Labute approximate surface area is 259 Å². The highest BCUT2D eigenvalue weighted by Crippen LogP contribution is 2.30. The third-order valence-electron chi connectivity index (χ3n) is 8.84. The lowest BCUT2D eigenvalue weighted by molar-refractivity contribution is -0.142. The third-order valence-corrected chi connectivity index (χ3v) is 8.84. The molecule has 5 rings (SSSR count). The standard InChI is InChI=1S/C36H42N4O4/c41-33(24-30(28-13-6-2-7-14-28)29-15-8-3-9-16-29)40-22-10-17-32(40)35(43)39-31(23-26-18-20-37-21-19-26)34(42)36(44)38-25-27-11-4-1-5-12-27/h1-9,11-16,26,30-32,37H,10,17-25H2,(H,38,44)(H,39,43)/t31-,32+/m0/s1. The third kappa shape index (κ3) is 8.20. The lowest BCUT2D eigenvalue weighted by atomic mass is 9.88. The smallest absolute Gasteiger partial charge is 0.289 e. The lowest BCUT2D eigenvalue weighted by Gasteiger charge is -2.30. The second kappa shape index (κ2) is 15.4. The average Bonchev–Trinajstić information content (AvgIpc) is 3.58. The van der Waals surface area contributed by atoms with Crippen LogP contribution in [0.3, 0.4) is 0 Å². The number of nitrogens with zero attached hydrogens (tertiary/aromatic N) is 1. The Balaban J connectivity index is 1.27. The molecule has 44 heavy (non-hydrogen) atoms. The van der Waals surface area contributed by atoms with E-state index in [2.05, 4.69) is 16.0 Å². The summed E-state index contributed by atoms with van der Waals surface area (Å²) in [6, 6.07) is 27.7. The summed E-state index contributed by atoms with van der Waals surface area (Å²) in [6.45, 7) is 2.40. The Morgan fingerprint density at radius 2 is 1.39 bits per heavy atom. The van der Waals surface area contributed by atoms with E-state index in [1.807, 2.05) is 91.0 Å². The van der Waals surface area contributed by atoms with Gasteiger partial charge >= 0.3 is 0 Å². The number of ketones is 1. The number of piperidine rings is 1. The average molecular weight is 595 g/mol. The molecule has 8 heteroatoms. The predicted octanol–water partition coefficient (Wildman–Crippen LogP) is 3.96. The first-order valence-corrected chi connectivity index (χ1v) is 15.8. The monoisotopic (exact) mass is 594 g/mol. The first-order chi connectivity index (χ1) is 21.5. The van der Waals surface area contributed by atoms with E-state index in [-0.39, 0.29) is 36.6 Å². The Kier molecular flexibility index (Phi) is 10.9. The fourth-order valence-electron chi connectivity index (χ4n) is 6.40. The second-order valence-electron chi connectivity index (χ2n) is 11.8. The number of hydrogen-bond acceptors (Lipinski definition) is 5. The van der Waals surface area contributed by atoms with Crippen LogP contribution in [-0.2, 0) is 25.7 Å². The van der Waals surface area contributed by atoms with Crippen molar-refractivity contribution in [1.29, 1.82) is 0 Å². The summed E-state index contributed by atoms with van der Waals surface area (Å²) in [4.78, 5) is 55.6. The molecule has 2 aliphatic rings. The van der Waals surface area contributed by atoms with Crippen LogP contribution in [0.25, 0.3) is 0 Å². The van der Waals surface area contributed by atoms with E-state index in [0.717, 1.165) is 42.6 Å². The molecule has 3 aromatic carbocycles. The summed E-state index contributed by atoms with van der Waals surface area (Å²) in [5, 5.41) is 8.97. The van der Waals surface area contributed by atoms with E-state index in [9.17, 15) is 19.2 Å². The number of carbonyl (C=O) groups excluding carboxylic acids is 4. The van der Waals surface area contributed by atoms with Crippen LogP contribution >= 0.6 is 0 Å². The van der Waals surface area contributed by atoms with Crippen molar-refractivity contribution in [3.63, 3.8) is 0 Å². The number of benzene rings is 3. The van der Waals surface area contributed by atoms with Crippen LogP contribution < -0.4 is 16.0 Å². The van der Waals surface area contributed by atoms with Gasteiger partial charge in [-0.25, -0.2) is 0 Å². The van der Waals surface area contributed by atoms with Crippen molar-refractivity contribution in [3.05, 3.63) is 108 Å². The number of amides is 3. The topological polar surface area (TPSA) is 108 Å². The Hall–Kier alpha value is -4.30. The molecule has 2 atom stereocenters. The molecule has 0 radical (unpaired) electrons. The van der Waals surface area contributed by atoms with Crippen LogP contribution in [0.2, 0.25) is 0 Å². The van der Waals surface area contributed by atoms with Crippen molar-refractivity contribution in [2.24, 2.45) is 5.92 Å². The SMILES string of the molecule is O=C(NCc1ccccc1)C(=O)[C@H](CC1CCNCC1)NC(=O)[C@H]1CCCN1C(=O)CC(c1ccccc1)c1ccccc1. The van der Waals surface area contributed by atoms with Crippen LogP contribution in [0.15, 0.2) is 91.0 Å². The molecule has 0 saturated carbocycles. The van der Waals surface area contributed by atoms with Gasteiger partial charge in [0.15, 0.2) is 0 Å². The Morgan fingerprint density at radius 3 is 2.00 bits per heavy atom. The van der Waals surface area contributed by atoms with Crippen LogP contribution in [0.5, 0.6) is 0 Å². The van der Waals surface area contributed by atoms with Crippen LogP contribution in [0.1, 0.15) is 61.1 Å². The molecular weight excluding hydrogens is 552 g/mol. The molecule has 3 amide bonds. The summed E-state index contributed by atoms with van der Waals surface area (Å²) >= 11 is 0. The molecule has 2 fully saturated rings. The highest BCUT2D eigenvalue weighted by molar-refractivity contribution is 6.38. The Bertz CT molecular complexity index is 1350. The zero-order valence-corrected chi connectivity index (χ0v) is 25.1. The van der Waals surface area contributed by atoms with E-state index < -0.39 is 23.8 Å². The number of Topliss-reactive ketones (excluding diaryl/α,β-unsaturated/α-hetero) is 1. The molecule has 2 aliphatic heterocycles. The van der Waals surface area contributed by atoms with Crippen LogP contribution in [-0.4, -0.2) is 60.1 Å². The van der Waals surface area contributed by atoms with Gasteiger partial charge in [0.25, 0.3) is 5.91 Å². The van der Waals surface area contributed by atoms with Crippen molar-refractivity contribution in [3.8, 4) is 0 Å². The van der Waals surface area contributed by atoms with Gasteiger partial charge in [-0.3, -0.25) is 19.2 Å². The zero-order chi connectivity index (χ0) is 30.7. The predicted molar refractivity (Wildman–Crippen MR) is 170 cm³/mol. The van der Waals surface area contributed by atoms with Gasteiger partial charge in [0.1, 0.15) is 6.04 Å². The minimum atomic E-state index is -0.944.